The van der Waals surface area contributed by atoms with Crippen LogP contribution < -0.4 is 10.1 Å². The monoisotopic (exact) mass is 368 g/mol. The fourth-order valence-electron chi connectivity index (χ4n) is 1.91. The molecule has 0 radical (unpaired) electrons. The molecule has 24 heavy (non-hydrogen) atoms. The van der Waals surface area contributed by atoms with Gasteiger partial charge >= 0.3 is 5.97 Å². The number of benzene rings is 1. The van der Waals surface area contributed by atoms with Gasteiger partial charge in [0.05, 0.1) is 10.0 Å². The first kappa shape index (κ1) is 18.2. The lowest BCUT2D eigenvalue weighted by atomic mass is 10.2. The number of carboxylic acid groups (broad SMARTS) is 1. The highest BCUT2D eigenvalue weighted by Gasteiger charge is 2.16. The van der Waals surface area contributed by atoms with Crippen LogP contribution in [0.4, 0.5) is 0 Å². The lowest BCUT2D eigenvalue weighted by Crippen LogP contribution is -2.37. The van der Waals surface area contributed by atoms with Gasteiger partial charge in [-0.3, -0.25) is 4.79 Å². The first-order valence-electron chi connectivity index (χ1n) is 7.25. The fraction of sp³-hybridized carbons (Fsp3) is 0.312. The second-order valence-electron chi connectivity index (χ2n) is 5.17. The van der Waals surface area contributed by atoms with Crippen molar-refractivity contribution in [1.29, 1.82) is 0 Å². The van der Waals surface area contributed by atoms with Crippen LogP contribution in [0.5, 0.6) is 5.75 Å². The standard InChI is InChI=1S/C16H17ClN2O4S/c1-9-3-4-11(17)13(7-9)23-10(2)15(20)18-6-5-14-19-12(8-24-14)16(21)22/h3-4,7-8,10H,5-6H2,1-2H3,(H,18,20)(H,21,22). The minimum atomic E-state index is -1.06. The molecule has 0 saturated heterocycles. The number of carboxylic acids is 1. The molecule has 2 aromatic rings. The summed E-state index contributed by atoms with van der Waals surface area (Å²) in [5.41, 5.74) is 1.01. The van der Waals surface area contributed by atoms with Gasteiger partial charge in [-0.1, -0.05) is 17.7 Å². The summed E-state index contributed by atoms with van der Waals surface area (Å²) in [5, 5.41) is 14.1. The molecule has 0 fully saturated rings. The number of aromatic nitrogens is 1. The van der Waals surface area contributed by atoms with Crippen LogP contribution in [0.15, 0.2) is 23.6 Å². The summed E-state index contributed by atoms with van der Waals surface area (Å²) in [7, 11) is 0. The molecule has 1 atom stereocenters. The number of rotatable bonds is 7. The zero-order valence-corrected chi connectivity index (χ0v) is 14.8. The molecular weight excluding hydrogens is 352 g/mol. The SMILES string of the molecule is Cc1ccc(Cl)c(OC(C)C(=O)NCCc2nc(C(=O)O)cs2)c1. The largest absolute Gasteiger partial charge is 0.479 e. The molecule has 8 heteroatoms. The number of aryl methyl sites for hydroxylation is 1. The van der Waals surface area contributed by atoms with E-state index < -0.39 is 12.1 Å². The van der Waals surface area contributed by atoms with Crippen LogP contribution in [-0.4, -0.2) is 34.6 Å². The molecule has 0 bridgehead atoms. The summed E-state index contributed by atoms with van der Waals surface area (Å²) in [6.45, 7) is 3.90. The van der Waals surface area contributed by atoms with E-state index in [2.05, 4.69) is 10.3 Å². The van der Waals surface area contributed by atoms with Crippen LogP contribution in [0.1, 0.15) is 28.0 Å². The van der Waals surface area contributed by atoms with Crippen molar-refractivity contribution in [2.45, 2.75) is 26.4 Å². The van der Waals surface area contributed by atoms with Crippen molar-refractivity contribution < 1.29 is 19.4 Å². The highest BCUT2D eigenvalue weighted by Crippen LogP contribution is 2.26. The Bertz CT molecular complexity index is 747. The average molecular weight is 369 g/mol. The summed E-state index contributed by atoms with van der Waals surface area (Å²) in [5.74, 6) is -0.869. The quantitative estimate of drug-likeness (QED) is 0.784. The van der Waals surface area contributed by atoms with E-state index in [0.29, 0.717) is 28.7 Å². The van der Waals surface area contributed by atoms with Crippen molar-refractivity contribution in [3.63, 3.8) is 0 Å². The zero-order chi connectivity index (χ0) is 17.7. The van der Waals surface area contributed by atoms with Crippen LogP contribution >= 0.6 is 22.9 Å². The number of aromatic carboxylic acids is 1. The van der Waals surface area contributed by atoms with Crippen molar-refractivity contribution in [1.82, 2.24) is 10.3 Å². The Balaban J connectivity index is 1.83. The van der Waals surface area contributed by atoms with Crippen LogP contribution in [0, 0.1) is 6.92 Å². The summed E-state index contributed by atoms with van der Waals surface area (Å²) in [4.78, 5) is 26.8. The van der Waals surface area contributed by atoms with Crippen molar-refractivity contribution in [3.8, 4) is 5.75 Å². The predicted octanol–water partition coefficient (Wildman–Crippen LogP) is 2.93. The van der Waals surface area contributed by atoms with Gasteiger partial charge in [0.2, 0.25) is 0 Å². The fourth-order valence-corrected chi connectivity index (χ4v) is 2.84. The molecule has 1 unspecified atom stereocenters. The van der Waals surface area contributed by atoms with E-state index in [0.717, 1.165) is 5.56 Å². The molecule has 0 spiro atoms. The Morgan fingerprint density at radius 2 is 2.21 bits per heavy atom. The Labute approximate surface area is 148 Å². The van der Waals surface area contributed by atoms with Gasteiger partial charge in [-0.05, 0) is 31.5 Å². The minimum Gasteiger partial charge on any atom is -0.479 e. The number of nitrogens with zero attached hydrogens (tertiary/aromatic N) is 1. The predicted molar refractivity (Wildman–Crippen MR) is 92.1 cm³/mol. The van der Waals surface area contributed by atoms with Crippen LogP contribution in [0.25, 0.3) is 0 Å². The van der Waals surface area contributed by atoms with Crippen LogP contribution in [0.3, 0.4) is 0 Å². The van der Waals surface area contributed by atoms with Gasteiger partial charge in [0.25, 0.3) is 5.91 Å². The molecule has 0 aliphatic carbocycles. The summed E-state index contributed by atoms with van der Waals surface area (Å²) >= 11 is 7.30. The number of hydrogen-bond donors (Lipinski definition) is 2. The summed E-state index contributed by atoms with van der Waals surface area (Å²) in [6, 6.07) is 5.35. The lowest BCUT2D eigenvalue weighted by molar-refractivity contribution is -0.127. The van der Waals surface area contributed by atoms with Gasteiger partial charge in [0.15, 0.2) is 11.8 Å². The van der Waals surface area contributed by atoms with Crippen molar-refractivity contribution in [2.24, 2.45) is 0 Å². The number of nitrogens with one attached hydrogen (secondary N) is 1. The van der Waals surface area contributed by atoms with Crippen molar-refractivity contribution in [2.75, 3.05) is 6.54 Å². The summed E-state index contributed by atoms with van der Waals surface area (Å²) in [6.07, 6.45) is -0.239. The second kappa shape index (κ2) is 8.12. The number of ether oxygens (including phenoxy) is 1. The number of amides is 1. The molecular formula is C16H17ClN2O4S. The number of halogens is 1. The molecule has 1 aromatic heterocycles. The molecule has 128 valence electrons. The van der Waals surface area contributed by atoms with Crippen LogP contribution in [-0.2, 0) is 11.2 Å². The van der Waals surface area contributed by atoms with E-state index in [1.54, 1.807) is 19.1 Å². The zero-order valence-electron chi connectivity index (χ0n) is 13.2. The third-order valence-corrected chi connectivity index (χ3v) is 4.39. The van der Waals surface area contributed by atoms with Gasteiger partial charge in [-0.2, -0.15) is 0 Å². The third kappa shape index (κ3) is 4.94. The van der Waals surface area contributed by atoms with E-state index in [9.17, 15) is 9.59 Å². The maximum Gasteiger partial charge on any atom is 0.355 e. The first-order valence-corrected chi connectivity index (χ1v) is 8.51. The van der Waals surface area contributed by atoms with Crippen molar-refractivity contribution >= 4 is 34.8 Å². The Morgan fingerprint density at radius 1 is 1.46 bits per heavy atom. The van der Waals surface area contributed by atoms with E-state index in [1.165, 1.54) is 16.7 Å². The third-order valence-electron chi connectivity index (χ3n) is 3.17. The molecule has 0 aliphatic heterocycles. The number of thiazole rings is 1. The van der Waals surface area contributed by atoms with Gasteiger partial charge in [0.1, 0.15) is 5.75 Å². The number of carbonyl (C=O) groups excluding carboxylic acids is 1. The molecule has 6 nitrogen and oxygen atoms in total. The second-order valence-corrected chi connectivity index (χ2v) is 6.52. The van der Waals surface area contributed by atoms with Crippen LogP contribution in [0.2, 0.25) is 5.02 Å². The maximum atomic E-state index is 12.1. The molecule has 0 saturated carbocycles. The molecule has 1 heterocycles. The van der Waals surface area contributed by atoms with E-state index >= 15 is 0 Å². The molecule has 1 amide bonds. The Kier molecular flexibility index (Phi) is 6.16. The normalized spacial score (nSPS) is 11.8. The van der Waals surface area contributed by atoms with E-state index in [1.807, 2.05) is 13.0 Å². The Morgan fingerprint density at radius 3 is 2.88 bits per heavy atom. The van der Waals surface area contributed by atoms with Gasteiger partial charge < -0.3 is 15.2 Å². The van der Waals surface area contributed by atoms with E-state index in [-0.39, 0.29) is 11.6 Å². The number of hydrogen-bond acceptors (Lipinski definition) is 5. The van der Waals surface area contributed by atoms with Crippen molar-refractivity contribution in [3.05, 3.63) is 44.9 Å². The first-order chi connectivity index (χ1) is 11.4. The average Bonchev–Trinajstić information content (AvgIpc) is 3.00. The maximum absolute atomic E-state index is 12.1. The Hall–Kier alpha value is -2.12. The smallest absolute Gasteiger partial charge is 0.355 e. The minimum absolute atomic E-state index is 0.0205. The van der Waals surface area contributed by atoms with Gasteiger partial charge in [0, 0.05) is 18.3 Å². The highest BCUT2D eigenvalue weighted by atomic mass is 35.5. The van der Waals surface area contributed by atoms with Gasteiger partial charge in [-0.15, -0.1) is 11.3 Å². The molecule has 0 aliphatic rings. The molecule has 1 aromatic carbocycles. The molecule has 2 rings (SSSR count). The number of carbonyl (C=O) groups is 2. The van der Waals surface area contributed by atoms with Gasteiger partial charge in [-0.25, -0.2) is 9.78 Å². The topological polar surface area (TPSA) is 88.5 Å². The highest BCUT2D eigenvalue weighted by molar-refractivity contribution is 7.09. The molecule has 2 N–H and O–H groups in total. The lowest BCUT2D eigenvalue weighted by Gasteiger charge is -2.15. The van der Waals surface area contributed by atoms with E-state index in [4.69, 9.17) is 21.4 Å². The summed E-state index contributed by atoms with van der Waals surface area (Å²) < 4.78 is 5.59.